The van der Waals surface area contributed by atoms with E-state index >= 15 is 0 Å². The van der Waals surface area contributed by atoms with E-state index in [4.69, 9.17) is 0 Å². The maximum Gasteiger partial charge on any atom is 0.320 e. The maximum atomic E-state index is 12.1. The number of hydrogen-bond acceptors (Lipinski definition) is 4. The normalized spacial score (nSPS) is 13.1. The molecule has 0 radical (unpaired) electrons. The summed E-state index contributed by atoms with van der Waals surface area (Å²) in [4.78, 5) is 32.7. The van der Waals surface area contributed by atoms with Crippen molar-refractivity contribution in [3.05, 3.63) is 54.0 Å². The van der Waals surface area contributed by atoms with Gasteiger partial charge in [0.1, 0.15) is 5.82 Å². The Hall–Kier alpha value is -3.48. The van der Waals surface area contributed by atoms with Crippen molar-refractivity contribution in [3.63, 3.8) is 0 Å². The fourth-order valence-electron chi connectivity index (χ4n) is 3.48. The number of urea groups is 1. The van der Waals surface area contributed by atoms with Crippen LogP contribution in [0.4, 0.5) is 10.6 Å². The maximum absolute atomic E-state index is 12.1. The van der Waals surface area contributed by atoms with Crippen LogP contribution in [0.5, 0.6) is 0 Å². The highest BCUT2D eigenvalue weighted by atomic mass is 16.2. The molecule has 0 aliphatic heterocycles. The van der Waals surface area contributed by atoms with Crippen LogP contribution in [0, 0.1) is 12.8 Å². The third-order valence-corrected chi connectivity index (χ3v) is 5.18. The number of hydrogen-bond donors (Lipinski definition) is 3. The first kappa shape index (κ1) is 19.8. The van der Waals surface area contributed by atoms with Gasteiger partial charge in [-0.05, 0) is 67.0 Å². The van der Waals surface area contributed by atoms with Crippen molar-refractivity contribution in [2.45, 2.75) is 33.2 Å². The molecule has 0 bridgehead atoms. The SMILES string of the molecule is CCNC(=O)Nc1cc2c(-c3ccnc(C)c3)ccc(CNC(=O)C3CC3)c2cn1. The van der Waals surface area contributed by atoms with Gasteiger partial charge in [-0.2, -0.15) is 0 Å². The molecule has 7 nitrogen and oxygen atoms in total. The van der Waals surface area contributed by atoms with Gasteiger partial charge >= 0.3 is 6.03 Å². The minimum absolute atomic E-state index is 0.111. The summed E-state index contributed by atoms with van der Waals surface area (Å²) in [6.45, 7) is 4.80. The molecule has 2 heterocycles. The lowest BCUT2D eigenvalue weighted by atomic mass is 9.96. The largest absolute Gasteiger partial charge is 0.352 e. The van der Waals surface area contributed by atoms with Gasteiger partial charge in [0.15, 0.2) is 0 Å². The highest BCUT2D eigenvalue weighted by molar-refractivity contribution is 6.01. The van der Waals surface area contributed by atoms with E-state index in [-0.39, 0.29) is 17.9 Å². The summed E-state index contributed by atoms with van der Waals surface area (Å²) in [5.41, 5.74) is 3.98. The fraction of sp³-hybridized carbons (Fsp3) is 0.304. The molecular formula is C23H25N5O2. The van der Waals surface area contributed by atoms with Gasteiger partial charge in [0.25, 0.3) is 0 Å². The monoisotopic (exact) mass is 403 g/mol. The van der Waals surface area contributed by atoms with Crippen molar-refractivity contribution in [1.82, 2.24) is 20.6 Å². The second-order valence-electron chi connectivity index (χ2n) is 7.55. The van der Waals surface area contributed by atoms with Crippen LogP contribution in [0.3, 0.4) is 0 Å². The third-order valence-electron chi connectivity index (χ3n) is 5.18. The predicted molar refractivity (Wildman–Crippen MR) is 117 cm³/mol. The fourth-order valence-corrected chi connectivity index (χ4v) is 3.48. The van der Waals surface area contributed by atoms with E-state index in [1.807, 2.05) is 44.2 Å². The predicted octanol–water partition coefficient (Wildman–Crippen LogP) is 3.77. The molecule has 0 saturated heterocycles. The molecule has 7 heteroatoms. The minimum atomic E-state index is -0.293. The van der Waals surface area contributed by atoms with Gasteiger partial charge in [0.2, 0.25) is 5.91 Å². The highest BCUT2D eigenvalue weighted by Gasteiger charge is 2.29. The number of nitrogens with zero attached hydrogens (tertiary/aromatic N) is 2. The number of aryl methyl sites for hydroxylation is 1. The zero-order valence-corrected chi connectivity index (χ0v) is 17.2. The molecule has 4 rings (SSSR count). The van der Waals surface area contributed by atoms with Crippen molar-refractivity contribution in [2.75, 3.05) is 11.9 Å². The number of anilines is 1. The first-order valence-electron chi connectivity index (χ1n) is 10.2. The van der Waals surface area contributed by atoms with Gasteiger partial charge in [-0.1, -0.05) is 12.1 Å². The van der Waals surface area contributed by atoms with Crippen LogP contribution in [0.1, 0.15) is 31.0 Å². The number of nitrogens with one attached hydrogen (secondary N) is 3. The quantitative estimate of drug-likeness (QED) is 0.584. The zero-order valence-electron chi connectivity index (χ0n) is 17.2. The molecule has 0 spiro atoms. The third kappa shape index (κ3) is 4.40. The van der Waals surface area contributed by atoms with Gasteiger partial charge in [-0.15, -0.1) is 0 Å². The van der Waals surface area contributed by atoms with Crippen LogP contribution in [0.2, 0.25) is 0 Å². The lowest BCUT2D eigenvalue weighted by Gasteiger charge is -2.14. The smallest absolute Gasteiger partial charge is 0.320 e. The molecule has 3 amide bonds. The van der Waals surface area contributed by atoms with E-state index in [0.29, 0.717) is 18.9 Å². The molecule has 30 heavy (non-hydrogen) atoms. The number of pyridine rings is 2. The van der Waals surface area contributed by atoms with Crippen molar-refractivity contribution < 1.29 is 9.59 Å². The van der Waals surface area contributed by atoms with Crippen molar-refractivity contribution in [1.29, 1.82) is 0 Å². The molecule has 1 saturated carbocycles. The van der Waals surface area contributed by atoms with Crippen molar-refractivity contribution in [3.8, 4) is 11.1 Å². The summed E-state index contributed by atoms with van der Waals surface area (Å²) in [6.07, 6.45) is 5.50. The number of rotatable bonds is 6. The topological polar surface area (TPSA) is 96.0 Å². The van der Waals surface area contributed by atoms with Gasteiger partial charge in [0, 0.05) is 42.5 Å². The Morgan fingerprint density at radius 2 is 1.90 bits per heavy atom. The second-order valence-corrected chi connectivity index (χ2v) is 7.55. The Kier molecular flexibility index (Phi) is 5.61. The lowest BCUT2D eigenvalue weighted by Crippen LogP contribution is -2.28. The van der Waals surface area contributed by atoms with Crippen LogP contribution in [0.25, 0.3) is 21.9 Å². The number of benzene rings is 1. The number of amides is 3. The highest BCUT2D eigenvalue weighted by Crippen LogP contribution is 2.33. The molecule has 0 unspecified atom stereocenters. The summed E-state index contributed by atoms with van der Waals surface area (Å²) >= 11 is 0. The number of fused-ring (bicyclic) bond motifs is 1. The van der Waals surface area contributed by atoms with Gasteiger partial charge < -0.3 is 10.6 Å². The number of carbonyl (C=O) groups excluding carboxylic acids is 2. The number of carbonyl (C=O) groups is 2. The van der Waals surface area contributed by atoms with Gasteiger partial charge in [0.05, 0.1) is 0 Å². The minimum Gasteiger partial charge on any atom is -0.352 e. The molecule has 1 aliphatic carbocycles. The van der Waals surface area contributed by atoms with Crippen molar-refractivity contribution >= 4 is 28.5 Å². The van der Waals surface area contributed by atoms with E-state index in [0.717, 1.165) is 46.0 Å². The zero-order chi connectivity index (χ0) is 21.1. The first-order chi connectivity index (χ1) is 14.5. The Labute approximate surface area is 175 Å². The standard InChI is InChI=1S/C23H25N5O2/c1-3-24-23(30)28-21-11-19-18(16-8-9-25-14(2)10-16)7-6-17(20(19)13-26-21)12-27-22(29)15-4-5-15/h6-11,13,15H,3-5,12H2,1-2H3,(H,27,29)(H2,24,26,28,30). The van der Waals surface area contributed by atoms with Crippen LogP contribution in [0.15, 0.2) is 42.7 Å². The van der Waals surface area contributed by atoms with Gasteiger partial charge in [-0.25, -0.2) is 9.78 Å². The molecule has 1 aliphatic rings. The average molecular weight is 403 g/mol. The van der Waals surface area contributed by atoms with Gasteiger partial charge in [-0.3, -0.25) is 15.1 Å². The second kappa shape index (κ2) is 8.49. The summed E-state index contributed by atoms with van der Waals surface area (Å²) in [6, 6.07) is 9.65. The average Bonchev–Trinajstić information content (AvgIpc) is 3.57. The Balaban J connectivity index is 1.74. The summed E-state index contributed by atoms with van der Waals surface area (Å²) < 4.78 is 0. The van der Waals surface area contributed by atoms with E-state index in [9.17, 15) is 9.59 Å². The van der Waals surface area contributed by atoms with E-state index in [1.54, 1.807) is 12.4 Å². The summed E-state index contributed by atoms with van der Waals surface area (Å²) in [5, 5.41) is 10.4. The van der Waals surface area contributed by atoms with Crippen molar-refractivity contribution in [2.24, 2.45) is 5.92 Å². The number of aromatic nitrogens is 2. The summed E-state index contributed by atoms with van der Waals surface area (Å²) in [7, 11) is 0. The lowest BCUT2D eigenvalue weighted by molar-refractivity contribution is -0.122. The molecule has 3 N–H and O–H groups in total. The molecule has 2 aromatic heterocycles. The van der Waals surface area contributed by atoms with Crippen LogP contribution < -0.4 is 16.0 Å². The molecule has 154 valence electrons. The molecular weight excluding hydrogens is 378 g/mol. The molecule has 3 aromatic rings. The molecule has 1 aromatic carbocycles. The van der Waals surface area contributed by atoms with E-state index in [1.165, 1.54) is 0 Å². The molecule has 0 atom stereocenters. The molecule has 1 fully saturated rings. The summed E-state index contributed by atoms with van der Waals surface area (Å²) in [5.74, 6) is 0.750. The van der Waals surface area contributed by atoms with Crippen LogP contribution >= 0.6 is 0 Å². The Bertz CT molecular complexity index is 1110. The van der Waals surface area contributed by atoms with E-state index < -0.39 is 0 Å². The van der Waals surface area contributed by atoms with E-state index in [2.05, 4.69) is 25.9 Å². The van der Waals surface area contributed by atoms with Crippen LogP contribution in [-0.2, 0) is 11.3 Å². The first-order valence-corrected chi connectivity index (χ1v) is 10.2. The Morgan fingerprint density at radius 1 is 1.07 bits per heavy atom. The van der Waals surface area contributed by atoms with Crippen LogP contribution in [-0.4, -0.2) is 28.5 Å². The Morgan fingerprint density at radius 3 is 2.63 bits per heavy atom.